The van der Waals surface area contributed by atoms with Gasteiger partial charge in [0.2, 0.25) is 5.91 Å². The van der Waals surface area contributed by atoms with Crippen LogP contribution in [0.4, 0.5) is 0 Å². The molecule has 1 amide bonds. The third-order valence-electron chi connectivity index (χ3n) is 2.87. The fraction of sp³-hybridized carbons (Fsp3) is 0.909. The zero-order valence-corrected chi connectivity index (χ0v) is 10.1. The molecule has 3 heteroatoms. The fourth-order valence-electron chi connectivity index (χ4n) is 0.923. The maximum absolute atomic E-state index is 10.8. The molecule has 0 aliphatic rings. The van der Waals surface area contributed by atoms with Crippen molar-refractivity contribution < 1.29 is 4.79 Å². The summed E-state index contributed by atoms with van der Waals surface area (Å²) in [5, 5.41) is 3.27. The van der Waals surface area contributed by atoms with Crippen molar-refractivity contribution in [2.45, 2.75) is 34.6 Å². The second-order valence-corrected chi connectivity index (χ2v) is 5.23. The summed E-state index contributed by atoms with van der Waals surface area (Å²) >= 11 is 0. The molecule has 0 aromatic rings. The van der Waals surface area contributed by atoms with Crippen LogP contribution in [0, 0.1) is 17.3 Å². The van der Waals surface area contributed by atoms with E-state index in [0.717, 1.165) is 6.54 Å². The van der Waals surface area contributed by atoms with Crippen molar-refractivity contribution in [1.29, 1.82) is 0 Å². The van der Waals surface area contributed by atoms with Crippen LogP contribution >= 0.6 is 0 Å². The van der Waals surface area contributed by atoms with Crippen molar-refractivity contribution in [2.24, 2.45) is 23.0 Å². The van der Waals surface area contributed by atoms with Crippen LogP contribution in [0.5, 0.6) is 0 Å². The highest BCUT2D eigenvalue weighted by molar-refractivity contribution is 5.76. The van der Waals surface area contributed by atoms with Crippen LogP contribution in [0.3, 0.4) is 0 Å². The minimum absolute atomic E-state index is 0.0813. The molecule has 2 atom stereocenters. The van der Waals surface area contributed by atoms with E-state index in [-0.39, 0.29) is 11.8 Å². The molecule has 0 aromatic heterocycles. The van der Waals surface area contributed by atoms with Crippen LogP contribution in [-0.2, 0) is 4.79 Å². The average Bonchev–Trinajstić information content (AvgIpc) is 2.01. The first-order valence-electron chi connectivity index (χ1n) is 5.25. The molecule has 0 fully saturated rings. The topological polar surface area (TPSA) is 55.1 Å². The Hall–Kier alpha value is -0.570. The van der Waals surface area contributed by atoms with Crippen LogP contribution in [0.2, 0.25) is 0 Å². The molecule has 3 N–H and O–H groups in total. The van der Waals surface area contributed by atoms with Gasteiger partial charge >= 0.3 is 0 Å². The second kappa shape index (κ2) is 5.35. The molecule has 0 aliphatic heterocycles. The highest BCUT2D eigenvalue weighted by Gasteiger charge is 2.19. The first kappa shape index (κ1) is 13.4. The van der Waals surface area contributed by atoms with Gasteiger partial charge in [0.05, 0.1) is 0 Å². The van der Waals surface area contributed by atoms with Crippen LogP contribution in [0.25, 0.3) is 0 Å². The van der Waals surface area contributed by atoms with Gasteiger partial charge in [0, 0.05) is 12.5 Å². The van der Waals surface area contributed by atoms with E-state index in [1.54, 1.807) is 0 Å². The lowest BCUT2D eigenvalue weighted by Gasteiger charge is -2.27. The third kappa shape index (κ3) is 5.22. The first-order valence-corrected chi connectivity index (χ1v) is 5.25. The summed E-state index contributed by atoms with van der Waals surface area (Å²) in [6.07, 6.45) is 0. The van der Waals surface area contributed by atoms with E-state index >= 15 is 0 Å². The SMILES string of the molecule is CC(CNCC(C)C(C)(C)C)C(N)=O. The smallest absolute Gasteiger partial charge is 0.221 e. The Balaban J connectivity index is 3.70. The Morgan fingerprint density at radius 1 is 1.29 bits per heavy atom. The Morgan fingerprint density at radius 3 is 2.14 bits per heavy atom. The summed E-state index contributed by atoms with van der Waals surface area (Å²) < 4.78 is 0. The summed E-state index contributed by atoms with van der Waals surface area (Å²) in [5.74, 6) is 0.269. The van der Waals surface area contributed by atoms with Crippen molar-refractivity contribution in [3.8, 4) is 0 Å². The minimum Gasteiger partial charge on any atom is -0.369 e. The van der Waals surface area contributed by atoms with Crippen LogP contribution in [0.1, 0.15) is 34.6 Å². The molecule has 0 radical (unpaired) electrons. The monoisotopic (exact) mass is 200 g/mol. The molecule has 0 heterocycles. The van der Waals surface area contributed by atoms with Crippen molar-refractivity contribution in [3.63, 3.8) is 0 Å². The number of nitrogens with one attached hydrogen (secondary N) is 1. The molecule has 0 aliphatic carbocycles. The van der Waals surface area contributed by atoms with E-state index < -0.39 is 0 Å². The summed E-state index contributed by atoms with van der Waals surface area (Å²) in [4.78, 5) is 10.8. The quantitative estimate of drug-likeness (QED) is 0.704. The number of amides is 1. The molecule has 0 bridgehead atoms. The van der Waals surface area contributed by atoms with Gasteiger partial charge in [-0.15, -0.1) is 0 Å². The number of hydrogen-bond donors (Lipinski definition) is 2. The number of carbonyl (C=O) groups excluding carboxylic acids is 1. The molecule has 0 aromatic carbocycles. The normalized spacial score (nSPS) is 16.4. The van der Waals surface area contributed by atoms with E-state index in [2.05, 4.69) is 33.0 Å². The predicted octanol–water partition coefficient (Wildman–Crippen LogP) is 1.38. The largest absolute Gasteiger partial charge is 0.369 e. The van der Waals surface area contributed by atoms with Gasteiger partial charge in [-0.25, -0.2) is 0 Å². The van der Waals surface area contributed by atoms with E-state index in [9.17, 15) is 4.79 Å². The van der Waals surface area contributed by atoms with Crippen molar-refractivity contribution in [3.05, 3.63) is 0 Å². The molecule has 0 spiro atoms. The standard InChI is InChI=1S/C11H24N2O/c1-8(10(12)14)6-13-7-9(2)11(3,4)5/h8-9,13H,6-7H2,1-5H3,(H2,12,14). The van der Waals surface area contributed by atoms with Gasteiger partial charge in [-0.2, -0.15) is 0 Å². The molecule has 84 valence electrons. The summed E-state index contributed by atoms with van der Waals surface area (Å²) in [6.45, 7) is 12.3. The summed E-state index contributed by atoms with van der Waals surface area (Å²) in [5.41, 5.74) is 5.47. The minimum atomic E-state index is -0.235. The summed E-state index contributed by atoms with van der Waals surface area (Å²) in [7, 11) is 0. The Labute approximate surface area is 87.4 Å². The van der Waals surface area contributed by atoms with Gasteiger partial charge in [-0.05, 0) is 17.9 Å². The maximum Gasteiger partial charge on any atom is 0.221 e. The van der Waals surface area contributed by atoms with Crippen molar-refractivity contribution in [2.75, 3.05) is 13.1 Å². The molecule has 2 unspecified atom stereocenters. The lowest BCUT2D eigenvalue weighted by Crippen LogP contribution is -2.35. The van der Waals surface area contributed by atoms with Crippen LogP contribution in [-0.4, -0.2) is 19.0 Å². The van der Waals surface area contributed by atoms with Gasteiger partial charge in [0.25, 0.3) is 0 Å². The maximum atomic E-state index is 10.8. The molecule has 14 heavy (non-hydrogen) atoms. The van der Waals surface area contributed by atoms with Gasteiger partial charge in [-0.3, -0.25) is 4.79 Å². The molecule has 0 saturated carbocycles. The number of hydrogen-bond acceptors (Lipinski definition) is 2. The number of carbonyl (C=O) groups is 1. The Bertz CT molecular complexity index is 184. The molecule has 0 saturated heterocycles. The van der Waals surface area contributed by atoms with E-state index in [0.29, 0.717) is 17.9 Å². The highest BCUT2D eigenvalue weighted by Crippen LogP contribution is 2.24. The molecule has 3 nitrogen and oxygen atoms in total. The van der Waals surface area contributed by atoms with Crippen molar-refractivity contribution >= 4 is 5.91 Å². The zero-order chi connectivity index (χ0) is 11.4. The first-order chi connectivity index (χ1) is 6.25. The van der Waals surface area contributed by atoms with Crippen LogP contribution < -0.4 is 11.1 Å². The van der Waals surface area contributed by atoms with Crippen LogP contribution in [0.15, 0.2) is 0 Å². The predicted molar refractivity (Wildman–Crippen MR) is 59.8 cm³/mol. The second-order valence-electron chi connectivity index (χ2n) is 5.23. The van der Waals surface area contributed by atoms with Gasteiger partial charge in [0.15, 0.2) is 0 Å². The average molecular weight is 200 g/mol. The number of rotatable bonds is 5. The summed E-state index contributed by atoms with van der Waals surface area (Å²) in [6, 6.07) is 0. The van der Waals surface area contributed by atoms with E-state index in [1.807, 2.05) is 6.92 Å². The molecular formula is C11H24N2O. The fourth-order valence-corrected chi connectivity index (χ4v) is 0.923. The lowest BCUT2D eigenvalue weighted by atomic mass is 9.82. The van der Waals surface area contributed by atoms with E-state index in [1.165, 1.54) is 0 Å². The molecular weight excluding hydrogens is 176 g/mol. The Morgan fingerprint density at radius 2 is 1.79 bits per heavy atom. The number of primary amides is 1. The van der Waals surface area contributed by atoms with Gasteiger partial charge < -0.3 is 11.1 Å². The lowest BCUT2D eigenvalue weighted by molar-refractivity contribution is -0.121. The highest BCUT2D eigenvalue weighted by atomic mass is 16.1. The zero-order valence-electron chi connectivity index (χ0n) is 10.1. The van der Waals surface area contributed by atoms with Gasteiger partial charge in [-0.1, -0.05) is 34.6 Å². The Kier molecular flexibility index (Phi) is 5.13. The van der Waals surface area contributed by atoms with E-state index in [4.69, 9.17) is 5.73 Å². The molecule has 0 rings (SSSR count). The van der Waals surface area contributed by atoms with Gasteiger partial charge in [0.1, 0.15) is 0 Å². The van der Waals surface area contributed by atoms with Crippen molar-refractivity contribution in [1.82, 2.24) is 5.32 Å². The number of nitrogens with two attached hydrogens (primary N) is 1. The third-order valence-corrected chi connectivity index (χ3v) is 2.87.